The number of anilines is 1. The van der Waals surface area contributed by atoms with Crippen LogP contribution in [0.1, 0.15) is 19.8 Å². The molecule has 1 N–H and O–H groups in total. The van der Waals surface area contributed by atoms with E-state index in [-0.39, 0.29) is 6.61 Å². The first-order chi connectivity index (χ1) is 10.3. The minimum Gasteiger partial charge on any atom is -0.396 e. The molecule has 0 saturated carbocycles. The first-order valence-corrected chi connectivity index (χ1v) is 7.85. The average Bonchev–Trinajstić information content (AvgIpc) is 3.04. The quantitative estimate of drug-likeness (QED) is 0.598. The Labute approximate surface area is 128 Å². The second-order valence-electron chi connectivity index (χ2n) is 4.45. The summed E-state index contributed by atoms with van der Waals surface area (Å²) in [6, 6.07) is 7.96. The van der Waals surface area contributed by atoms with Crippen molar-refractivity contribution in [2.24, 2.45) is 10.2 Å². The van der Waals surface area contributed by atoms with E-state index in [1.165, 1.54) is 11.3 Å². The van der Waals surface area contributed by atoms with Crippen molar-refractivity contribution < 1.29 is 5.11 Å². The molecule has 0 atom stereocenters. The predicted octanol–water partition coefficient (Wildman–Crippen LogP) is 3.55. The lowest BCUT2D eigenvalue weighted by molar-refractivity contribution is 0.285. The molecule has 0 bridgehead atoms. The number of aromatic nitrogens is 2. The van der Waals surface area contributed by atoms with Gasteiger partial charge in [0.1, 0.15) is 5.51 Å². The van der Waals surface area contributed by atoms with E-state index in [4.69, 9.17) is 5.11 Å². The van der Waals surface area contributed by atoms with E-state index in [0.29, 0.717) is 5.13 Å². The van der Waals surface area contributed by atoms with Crippen LogP contribution in [0.3, 0.4) is 0 Å². The summed E-state index contributed by atoms with van der Waals surface area (Å²) in [4.78, 5) is 2.28. The van der Waals surface area contributed by atoms with Crippen molar-refractivity contribution in [1.29, 1.82) is 0 Å². The van der Waals surface area contributed by atoms with Crippen LogP contribution in [0.2, 0.25) is 0 Å². The third kappa shape index (κ3) is 4.87. The number of benzene rings is 1. The largest absolute Gasteiger partial charge is 0.396 e. The molecule has 0 fully saturated rings. The fourth-order valence-electron chi connectivity index (χ4n) is 1.93. The van der Waals surface area contributed by atoms with E-state index >= 15 is 0 Å². The fraction of sp³-hybridized carbons (Fsp3) is 0.429. The summed E-state index contributed by atoms with van der Waals surface area (Å²) in [7, 11) is 0. The number of azo groups is 1. The molecular formula is C14H19N5OS. The molecule has 1 aromatic heterocycles. The molecule has 7 heteroatoms. The topological polar surface area (TPSA) is 74.0 Å². The van der Waals surface area contributed by atoms with Gasteiger partial charge in [0.05, 0.1) is 5.69 Å². The third-order valence-corrected chi connectivity index (χ3v) is 3.61. The Hall–Kier alpha value is -1.86. The molecule has 0 aliphatic heterocycles. The second-order valence-corrected chi connectivity index (χ2v) is 5.26. The zero-order chi connectivity index (χ0) is 14.9. The first-order valence-electron chi connectivity index (χ1n) is 6.97. The maximum absolute atomic E-state index is 8.85. The van der Waals surface area contributed by atoms with Gasteiger partial charge in [-0.25, -0.2) is 0 Å². The lowest BCUT2D eigenvalue weighted by atomic mass is 10.2. The second kappa shape index (κ2) is 8.43. The molecule has 6 nitrogen and oxygen atoms in total. The van der Waals surface area contributed by atoms with Crippen LogP contribution in [-0.2, 0) is 0 Å². The molecule has 0 aliphatic rings. The van der Waals surface area contributed by atoms with Crippen molar-refractivity contribution in [3.05, 3.63) is 29.8 Å². The minimum absolute atomic E-state index is 0.252. The van der Waals surface area contributed by atoms with Crippen LogP contribution < -0.4 is 4.90 Å². The van der Waals surface area contributed by atoms with Gasteiger partial charge in [-0.2, -0.15) is 0 Å². The van der Waals surface area contributed by atoms with Gasteiger partial charge in [-0.1, -0.05) is 11.3 Å². The zero-order valence-electron chi connectivity index (χ0n) is 12.0. The lowest BCUT2D eigenvalue weighted by Crippen LogP contribution is -2.23. The summed E-state index contributed by atoms with van der Waals surface area (Å²) >= 11 is 1.35. The Morgan fingerprint density at radius 1 is 1.19 bits per heavy atom. The Kier molecular flexibility index (Phi) is 6.23. The van der Waals surface area contributed by atoms with Gasteiger partial charge in [0.25, 0.3) is 5.13 Å². The number of aliphatic hydroxyl groups is 1. The highest BCUT2D eigenvalue weighted by Crippen LogP contribution is 2.22. The van der Waals surface area contributed by atoms with Gasteiger partial charge in [-0.15, -0.1) is 20.4 Å². The number of unbranched alkanes of at least 4 members (excludes halogenated alkanes) is 1. The van der Waals surface area contributed by atoms with Gasteiger partial charge < -0.3 is 10.0 Å². The molecule has 2 aromatic rings. The summed E-state index contributed by atoms with van der Waals surface area (Å²) in [5.41, 5.74) is 3.58. The molecule has 1 heterocycles. The number of aliphatic hydroxyl groups excluding tert-OH is 1. The maximum Gasteiger partial charge on any atom is 0.251 e. The molecule has 0 saturated heterocycles. The molecular weight excluding hydrogens is 286 g/mol. The van der Waals surface area contributed by atoms with E-state index in [9.17, 15) is 0 Å². The first kappa shape index (κ1) is 15.5. The van der Waals surface area contributed by atoms with Crippen molar-refractivity contribution in [1.82, 2.24) is 10.2 Å². The zero-order valence-corrected chi connectivity index (χ0v) is 12.8. The van der Waals surface area contributed by atoms with Crippen molar-refractivity contribution in [2.45, 2.75) is 19.8 Å². The van der Waals surface area contributed by atoms with Crippen LogP contribution in [0.25, 0.3) is 0 Å². The van der Waals surface area contributed by atoms with Crippen LogP contribution in [0.15, 0.2) is 40.0 Å². The molecule has 0 unspecified atom stereocenters. The van der Waals surface area contributed by atoms with Gasteiger partial charge >= 0.3 is 0 Å². The Balaban J connectivity index is 1.96. The van der Waals surface area contributed by atoms with Crippen molar-refractivity contribution >= 4 is 27.8 Å². The lowest BCUT2D eigenvalue weighted by Gasteiger charge is -2.22. The van der Waals surface area contributed by atoms with Crippen molar-refractivity contribution in [3.8, 4) is 0 Å². The average molecular weight is 305 g/mol. The van der Waals surface area contributed by atoms with E-state index in [1.807, 2.05) is 24.3 Å². The summed E-state index contributed by atoms with van der Waals surface area (Å²) in [5.74, 6) is 0. The summed E-state index contributed by atoms with van der Waals surface area (Å²) < 4.78 is 0. The van der Waals surface area contributed by atoms with Gasteiger partial charge in [0.2, 0.25) is 0 Å². The third-order valence-electron chi connectivity index (χ3n) is 3.03. The molecule has 21 heavy (non-hydrogen) atoms. The molecule has 0 radical (unpaired) electrons. The predicted molar refractivity (Wildman–Crippen MR) is 84.7 cm³/mol. The van der Waals surface area contributed by atoms with E-state index in [2.05, 4.69) is 32.2 Å². The molecule has 0 aliphatic carbocycles. The van der Waals surface area contributed by atoms with Crippen LogP contribution in [0, 0.1) is 0 Å². The highest BCUT2D eigenvalue weighted by Gasteiger charge is 2.03. The van der Waals surface area contributed by atoms with E-state index < -0.39 is 0 Å². The molecule has 2 rings (SSSR count). The number of nitrogens with zero attached hydrogens (tertiary/aromatic N) is 5. The molecule has 1 aromatic carbocycles. The number of hydrogen-bond acceptors (Lipinski definition) is 7. The van der Waals surface area contributed by atoms with Gasteiger partial charge in [0, 0.05) is 25.4 Å². The normalized spacial score (nSPS) is 11.1. The smallest absolute Gasteiger partial charge is 0.251 e. The minimum atomic E-state index is 0.252. The van der Waals surface area contributed by atoms with E-state index in [1.54, 1.807) is 5.51 Å². The van der Waals surface area contributed by atoms with Crippen molar-refractivity contribution in [2.75, 3.05) is 24.6 Å². The Bertz CT molecular complexity index is 541. The summed E-state index contributed by atoms with van der Waals surface area (Å²) in [6.45, 7) is 4.27. The van der Waals surface area contributed by atoms with E-state index in [0.717, 1.165) is 37.3 Å². The fourth-order valence-corrected chi connectivity index (χ4v) is 2.30. The van der Waals surface area contributed by atoms with Gasteiger partial charge in [0.15, 0.2) is 0 Å². The highest BCUT2D eigenvalue weighted by atomic mass is 32.1. The SMILES string of the molecule is CCN(CCCCO)c1ccc(N=Nc2nncs2)cc1. The summed E-state index contributed by atoms with van der Waals surface area (Å²) in [5, 5.41) is 25.1. The monoisotopic (exact) mass is 305 g/mol. The highest BCUT2D eigenvalue weighted by molar-refractivity contribution is 7.13. The van der Waals surface area contributed by atoms with Crippen LogP contribution in [0.4, 0.5) is 16.5 Å². The van der Waals surface area contributed by atoms with Crippen LogP contribution >= 0.6 is 11.3 Å². The molecule has 112 valence electrons. The number of rotatable bonds is 8. The Morgan fingerprint density at radius 2 is 2.00 bits per heavy atom. The number of hydrogen-bond donors (Lipinski definition) is 1. The summed E-state index contributed by atoms with van der Waals surface area (Å²) in [6.07, 6.45) is 1.83. The van der Waals surface area contributed by atoms with Gasteiger partial charge in [-0.3, -0.25) is 0 Å². The van der Waals surface area contributed by atoms with Gasteiger partial charge in [-0.05, 0) is 44.0 Å². The standard InChI is InChI=1S/C14H19N5OS/c1-2-19(9-3-4-10-20)13-7-5-12(6-8-13)16-18-14-17-15-11-21-14/h5-8,11,20H,2-4,9-10H2,1H3. The maximum atomic E-state index is 8.85. The Morgan fingerprint density at radius 3 is 2.62 bits per heavy atom. The molecule has 0 amide bonds. The molecule has 0 spiro atoms. The van der Waals surface area contributed by atoms with Crippen LogP contribution in [0.5, 0.6) is 0 Å². The van der Waals surface area contributed by atoms with Crippen LogP contribution in [-0.4, -0.2) is 35.0 Å². The van der Waals surface area contributed by atoms with Crippen molar-refractivity contribution in [3.63, 3.8) is 0 Å².